The fourth-order valence-electron chi connectivity index (χ4n) is 6.46. The zero-order valence-electron chi connectivity index (χ0n) is 30.4. The Morgan fingerprint density at radius 3 is 1.58 bits per heavy atom. The Hall–Kier alpha value is -7.31. The summed E-state index contributed by atoms with van der Waals surface area (Å²) in [7, 11) is 0. The molecule has 2 N–H and O–H groups in total. The summed E-state index contributed by atoms with van der Waals surface area (Å²) in [4.78, 5) is 24.5. The largest absolute Gasteiger partial charge is 0.383 e. The van der Waals surface area contributed by atoms with E-state index in [0.29, 0.717) is 35.7 Å². The second-order valence-electron chi connectivity index (χ2n) is 13.2. The predicted octanol–water partition coefficient (Wildman–Crippen LogP) is 10.9. The van der Waals surface area contributed by atoms with Gasteiger partial charge in [-0.15, -0.1) is 0 Å². The van der Waals surface area contributed by atoms with Crippen molar-refractivity contribution < 1.29 is 0 Å². The first-order valence-electron chi connectivity index (χ1n) is 18.2. The van der Waals surface area contributed by atoms with Gasteiger partial charge in [-0.05, 0) is 58.5 Å². The zero-order chi connectivity index (χ0) is 37.4. The molecule has 264 valence electrons. The van der Waals surface area contributed by atoms with Crippen molar-refractivity contribution in [2.24, 2.45) is 15.7 Å². The lowest BCUT2D eigenvalue weighted by Crippen LogP contribution is -2.16. The van der Waals surface area contributed by atoms with Crippen LogP contribution in [0.5, 0.6) is 0 Å². The highest BCUT2D eigenvalue weighted by Crippen LogP contribution is 2.33. The van der Waals surface area contributed by atoms with Crippen LogP contribution < -0.4 is 5.73 Å². The smallest absolute Gasteiger partial charge is 0.164 e. The average Bonchev–Trinajstić information content (AvgIpc) is 3.26. The molecule has 0 atom stereocenters. The number of amidine groups is 2. The monoisotopic (exact) mass is 710 g/mol. The number of nitrogens with zero attached hydrogens (tertiary/aromatic N) is 5. The van der Waals surface area contributed by atoms with Gasteiger partial charge in [0.1, 0.15) is 5.84 Å². The van der Waals surface area contributed by atoms with Crippen LogP contribution in [0.3, 0.4) is 0 Å². The van der Waals surface area contributed by atoms with Crippen LogP contribution in [-0.4, -0.2) is 26.6 Å². The van der Waals surface area contributed by atoms with Gasteiger partial charge in [0.15, 0.2) is 23.3 Å². The molecular formula is C49H38N6. The summed E-state index contributed by atoms with van der Waals surface area (Å²) < 4.78 is 0. The van der Waals surface area contributed by atoms with Crippen molar-refractivity contribution in [2.45, 2.75) is 13.5 Å². The van der Waals surface area contributed by atoms with Crippen LogP contribution in [0.25, 0.3) is 56.4 Å². The summed E-state index contributed by atoms with van der Waals surface area (Å²) in [5.74, 6) is 2.92. The molecule has 6 heteroatoms. The lowest BCUT2D eigenvalue weighted by atomic mass is 9.93. The topological polar surface area (TPSA) is 89.4 Å². The second kappa shape index (κ2) is 16.1. The molecule has 7 aromatic carbocycles. The van der Waals surface area contributed by atoms with Gasteiger partial charge in [0.2, 0.25) is 0 Å². The van der Waals surface area contributed by atoms with Crippen LogP contribution in [0.1, 0.15) is 22.3 Å². The van der Waals surface area contributed by atoms with E-state index in [-0.39, 0.29) is 0 Å². The van der Waals surface area contributed by atoms with E-state index in [2.05, 4.69) is 73.7 Å². The third-order valence-electron chi connectivity index (χ3n) is 9.37. The molecule has 0 saturated heterocycles. The summed E-state index contributed by atoms with van der Waals surface area (Å²) in [6.45, 7) is 2.60. The minimum absolute atomic E-state index is 0.428. The first kappa shape index (κ1) is 34.8. The molecule has 55 heavy (non-hydrogen) atoms. The zero-order valence-corrected chi connectivity index (χ0v) is 30.4. The van der Waals surface area contributed by atoms with E-state index < -0.39 is 0 Å². The van der Waals surface area contributed by atoms with Gasteiger partial charge in [0.05, 0.1) is 6.54 Å². The van der Waals surface area contributed by atoms with Crippen LogP contribution in [0.2, 0.25) is 0 Å². The molecule has 8 rings (SSSR count). The van der Waals surface area contributed by atoms with Crippen molar-refractivity contribution in [3.8, 4) is 56.4 Å². The van der Waals surface area contributed by atoms with Gasteiger partial charge < -0.3 is 5.73 Å². The third-order valence-corrected chi connectivity index (χ3v) is 9.37. The number of nitrogens with two attached hydrogens (primary N) is 1. The lowest BCUT2D eigenvalue weighted by molar-refractivity contribution is 1.06. The highest BCUT2D eigenvalue weighted by molar-refractivity contribution is 6.10. The maximum atomic E-state index is 6.44. The Labute approximate surface area is 321 Å². The maximum Gasteiger partial charge on any atom is 0.164 e. The van der Waals surface area contributed by atoms with E-state index in [1.165, 1.54) is 5.56 Å². The molecule has 0 fully saturated rings. The van der Waals surface area contributed by atoms with Gasteiger partial charge in [-0.2, -0.15) is 0 Å². The molecule has 0 aliphatic heterocycles. The molecule has 0 aliphatic rings. The Bertz CT molecular complexity index is 2560. The lowest BCUT2D eigenvalue weighted by Gasteiger charge is -2.13. The van der Waals surface area contributed by atoms with Gasteiger partial charge in [-0.1, -0.05) is 170 Å². The Kier molecular flexibility index (Phi) is 10.2. The molecule has 6 nitrogen and oxygen atoms in total. The van der Waals surface area contributed by atoms with Crippen LogP contribution in [-0.2, 0) is 6.54 Å². The number of aromatic nitrogens is 3. The average molecular weight is 711 g/mol. The van der Waals surface area contributed by atoms with Crippen LogP contribution in [0.4, 0.5) is 0 Å². The number of aryl methyl sites for hydroxylation is 1. The quantitative estimate of drug-likeness (QED) is 0.119. The van der Waals surface area contributed by atoms with Crippen LogP contribution in [0, 0.1) is 6.92 Å². The van der Waals surface area contributed by atoms with Gasteiger partial charge in [-0.25, -0.2) is 19.9 Å². The van der Waals surface area contributed by atoms with Crippen molar-refractivity contribution >= 4 is 11.7 Å². The molecule has 0 radical (unpaired) electrons. The highest BCUT2D eigenvalue weighted by Gasteiger charge is 2.14. The standard InChI is InChI=1S/C49H38N6/c1-34-28-29-41(40-25-14-16-35(30-40)33-51-46(37-19-8-3-9-20-37)52-45(50)36-17-6-2-7-18-36)32-44(34)42-26-15-27-43(31-42)49-54-47(38-21-10-4-11-22-38)53-48(55-49)39-23-12-5-13-24-39/h2-32H,33H2,1H3,(H2,50,51,52). The van der Waals surface area contributed by atoms with E-state index in [0.717, 1.165) is 55.6 Å². The van der Waals surface area contributed by atoms with Gasteiger partial charge >= 0.3 is 0 Å². The molecular weight excluding hydrogens is 673 g/mol. The first-order valence-corrected chi connectivity index (χ1v) is 18.2. The van der Waals surface area contributed by atoms with Crippen LogP contribution >= 0.6 is 0 Å². The molecule has 0 unspecified atom stereocenters. The summed E-state index contributed by atoms with van der Waals surface area (Å²) in [5, 5.41) is 0. The third kappa shape index (κ3) is 8.19. The van der Waals surface area contributed by atoms with E-state index in [9.17, 15) is 0 Å². The maximum absolute atomic E-state index is 6.44. The summed E-state index contributed by atoms with van der Waals surface area (Å²) in [6, 6.07) is 63.4. The number of aliphatic imine (C=N–C) groups is 2. The highest BCUT2D eigenvalue weighted by atomic mass is 15.0. The molecule has 1 aromatic heterocycles. The first-order chi connectivity index (χ1) is 27.1. The number of benzene rings is 7. The normalized spacial score (nSPS) is 11.7. The van der Waals surface area contributed by atoms with E-state index in [1.54, 1.807) is 0 Å². The number of rotatable bonds is 9. The molecule has 0 saturated carbocycles. The predicted molar refractivity (Wildman–Crippen MR) is 226 cm³/mol. The van der Waals surface area contributed by atoms with E-state index in [4.69, 9.17) is 30.7 Å². The fourth-order valence-corrected chi connectivity index (χ4v) is 6.46. The van der Waals surface area contributed by atoms with Gasteiger partial charge in [0, 0.05) is 27.8 Å². The van der Waals surface area contributed by atoms with Crippen molar-refractivity contribution in [1.82, 2.24) is 15.0 Å². The summed E-state index contributed by atoms with van der Waals surface area (Å²) in [6.07, 6.45) is 0. The van der Waals surface area contributed by atoms with Crippen molar-refractivity contribution in [1.29, 1.82) is 0 Å². The van der Waals surface area contributed by atoms with Crippen molar-refractivity contribution in [3.63, 3.8) is 0 Å². The van der Waals surface area contributed by atoms with Gasteiger partial charge in [0.25, 0.3) is 0 Å². The van der Waals surface area contributed by atoms with Crippen molar-refractivity contribution in [2.75, 3.05) is 0 Å². The Balaban J connectivity index is 1.11. The van der Waals surface area contributed by atoms with Crippen molar-refractivity contribution in [3.05, 3.63) is 210 Å². The summed E-state index contributed by atoms with van der Waals surface area (Å²) >= 11 is 0. The minimum atomic E-state index is 0.428. The molecule has 0 aliphatic carbocycles. The molecule has 8 aromatic rings. The molecule has 0 bridgehead atoms. The van der Waals surface area contributed by atoms with Gasteiger partial charge in [-0.3, -0.25) is 4.99 Å². The van der Waals surface area contributed by atoms with E-state index >= 15 is 0 Å². The number of hydrogen-bond donors (Lipinski definition) is 1. The Morgan fingerprint density at radius 1 is 0.455 bits per heavy atom. The second-order valence-corrected chi connectivity index (χ2v) is 13.2. The Morgan fingerprint density at radius 2 is 0.945 bits per heavy atom. The number of hydrogen-bond acceptors (Lipinski definition) is 4. The SMILES string of the molecule is Cc1ccc(-c2cccc(CN=C(N=C(N)c3ccccc3)c3ccccc3)c2)cc1-c1cccc(-c2nc(-c3ccccc3)nc(-c3ccccc3)n2)c1. The molecule has 0 spiro atoms. The van der Waals surface area contributed by atoms with E-state index in [1.807, 2.05) is 121 Å². The fraction of sp³-hybridized carbons (Fsp3) is 0.0408. The minimum Gasteiger partial charge on any atom is -0.383 e. The molecule has 1 heterocycles. The molecule has 0 amide bonds. The summed E-state index contributed by atoms with van der Waals surface area (Å²) in [5.41, 5.74) is 17.7. The van der Waals surface area contributed by atoms with Crippen LogP contribution in [0.15, 0.2) is 198 Å².